The van der Waals surface area contributed by atoms with Gasteiger partial charge in [-0.3, -0.25) is 0 Å². The van der Waals surface area contributed by atoms with Crippen LogP contribution in [0.25, 0.3) is 11.1 Å². The molecule has 0 unspecified atom stereocenters. The second-order valence-electron chi connectivity index (χ2n) is 8.93. The molecule has 4 nitrogen and oxygen atoms in total. The Bertz CT molecular complexity index is 1180. The smallest absolute Gasteiger partial charge is 0.212 e. The van der Waals surface area contributed by atoms with Gasteiger partial charge in [-0.15, -0.1) is 0 Å². The predicted octanol–water partition coefficient (Wildman–Crippen LogP) is 5.64. The van der Waals surface area contributed by atoms with Gasteiger partial charge in [0.1, 0.15) is 12.0 Å². The molecule has 1 fully saturated rings. The fourth-order valence-electron chi connectivity index (χ4n) is 5.08. The SMILES string of the molecule is O=CC1CCN(c2ccc(C3=C(c4ccc(F)nc4)CCCc4cc(O)ccc43)cc2)CC1. The van der Waals surface area contributed by atoms with Crippen LogP contribution in [-0.2, 0) is 11.2 Å². The maximum atomic E-state index is 13.5. The molecular weight excluding hydrogens is 415 g/mol. The topological polar surface area (TPSA) is 53.4 Å². The summed E-state index contributed by atoms with van der Waals surface area (Å²) in [5, 5.41) is 10.1. The van der Waals surface area contributed by atoms with Gasteiger partial charge < -0.3 is 14.8 Å². The summed E-state index contributed by atoms with van der Waals surface area (Å²) in [5.41, 5.74) is 7.66. The number of hydrogen-bond donors (Lipinski definition) is 1. The van der Waals surface area contributed by atoms with Crippen molar-refractivity contribution in [2.45, 2.75) is 32.1 Å². The Kier molecular flexibility index (Phi) is 5.95. The molecule has 0 bridgehead atoms. The standard InChI is InChI=1S/C28H27FN2O2/c29-27-11-6-22(17-30-27)25-3-1-2-21-16-24(33)9-10-26(21)28(25)20-4-7-23(8-5-20)31-14-12-19(18-32)13-15-31/h4-11,16-19,33H,1-3,12-15H2. The van der Waals surface area contributed by atoms with Gasteiger partial charge in [0.25, 0.3) is 0 Å². The lowest BCUT2D eigenvalue weighted by Gasteiger charge is -2.31. The molecule has 1 saturated heterocycles. The van der Waals surface area contributed by atoms with E-state index in [2.05, 4.69) is 34.1 Å². The maximum absolute atomic E-state index is 13.5. The van der Waals surface area contributed by atoms with Crippen molar-refractivity contribution in [2.75, 3.05) is 18.0 Å². The summed E-state index contributed by atoms with van der Waals surface area (Å²) in [4.78, 5) is 17.3. The number of carbonyl (C=O) groups is 1. The number of aromatic hydroxyl groups is 1. The highest BCUT2D eigenvalue weighted by atomic mass is 19.1. The number of aromatic nitrogens is 1. The number of carbonyl (C=O) groups excluding carboxylic acids is 1. The number of phenolic OH excluding ortho intramolecular Hbond substituents is 1. The molecule has 0 atom stereocenters. The van der Waals surface area contributed by atoms with E-state index in [4.69, 9.17) is 0 Å². The first kappa shape index (κ1) is 21.4. The summed E-state index contributed by atoms with van der Waals surface area (Å²) in [5.74, 6) is -0.0342. The van der Waals surface area contributed by atoms with Crippen molar-refractivity contribution in [3.05, 3.63) is 89.0 Å². The van der Waals surface area contributed by atoms with Crippen molar-refractivity contribution in [2.24, 2.45) is 5.92 Å². The first-order valence-electron chi connectivity index (χ1n) is 11.6. The second kappa shape index (κ2) is 9.18. The van der Waals surface area contributed by atoms with Gasteiger partial charge in [0, 0.05) is 30.9 Å². The number of piperidine rings is 1. The Morgan fingerprint density at radius 3 is 2.42 bits per heavy atom. The first-order chi connectivity index (χ1) is 16.1. The zero-order valence-electron chi connectivity index (χ0n) is 18.5. The summed E-state index contributed by atoms with van der Waals surface area (Å²) in [6, 6.07) is 17.4. The molecule has 33 heavy (non-hydrogen) atoms. The van der Waals surface area contributed by atoms with E-state index in [1.807, 2.05) is 12.1 Å². The number of hydrogen-bond acceptors (Lipinski definition) is 4. The molecule has 1 aliphatic carbocycles. The van der Waals surface area contributed by atoms with Gasteiger partial charge in [-0.25, -0.2) is 4.98 Å². The van der Waals surface area contributed by atoms with Crippen LogP contribution in [0.1, 0.15) is 47.9 Å². The number of phenols is 1. The van der Waals surface area contributed by atoms with Gasteiger partial charge in [-0.1, -0.05) is 18.2 Å². The zero-order valence-corrected chi connectivity index (χ0v) is 18.5. The summed E-state index contributed by atoms with van der Waals surface area (Å²) in [7, 11) is 0. The molecule has 0 amide bonds. The third-order valence-corrected chi connectivity index (χ3v) is 6.86. The van der Waals surface area contributed by atoms with Crippen molar-refractivity contribution in [1.29, 1.82) is 0 Å². The normalized spacial score (nSPS) is 16.9. The number of allylic oxidation sites excluding steroid dienone is 1. The van der Waals surface area contributed by atoms with Crippen molar-refractivity contribution >= 4 is 23.1 Å². The Morgan fingerprint density at radius 2 is 1.73 bits per heavy atom. The summed E-state index contributed by atoms with van der Waals surface area (Å²) in [6.45, 7) is 1.78. The molecule has 2 aliphatic rings. The van der Waals surface area contributed by atoms with Crippen molar-refractivity contribution in [1.82, 2.24) is 4.98 Å². The second-order valence-corrected chi connectivity index (χ2v) is 8.93. The van der Waals surface area contributed by atoms with Gasteiger partial charge in [-0.05, 0) is 102 Å². The van der Waals surface area contributed by atoms with Crippen LogP contribution in [0.4, 0.5) is 10.1 Å². The Morgan fingerprint density at radius 1 is 0.970 bits per heavy atom. The van der Waals surface area contributed by atoms with Crippen LogP contribution >= 0.6 is 0 Å². The molecule has 0 radical (unpaired) electrons. The molecule has 0 saturated carbocycles. The molecule has 168 valence electrons. The molecular formula is C28H27FN2O2. The van der Waals surface area contributed by atoms with Crippen molar-refractivity contribution in [3.8, 4) is 5.75 Å². The van der Waals surface area contributed by atoms with E-state index in [1.54, 1.807) is 18.3 Å². The van der Waals surface area contributed by atoms with E-state index in [1.165, 1.54) is 6.07 Å². The lowest BCUT2D eigenvalue weighted by Crippen LogP contribution is -2.34. The van der Waals surface area contributed by atoms with Crippen LogP contribution in [0.15, 0.2) is 60.8 Å². The summed E-state index contributed by atoms with van der Waals surface area (Å²) in [6.07, 6.45) is 7.15. The van der Waals surface area contributed by atoms with E-state index in [0.717, 1.165) is 90.6 Å². The van der Waals surface area contributed by atoms with Crippen LogP contribution in [-0.4, -0.2) is 29.5 Å². The van der Waals surface area contributed by atoms with Crippen LogP contribution in [0, 0.1) is 11.9 Å². The molecule has 5 rings (SSSR count). The highest BCUT2D eigenvalue weighted by molar-refractivity contribution is 6.00. The van der Waals surface area contributed by atoms with Gasteiger partial charge in [-0.2, -0.15) is 4.39 Å². The predicted molar refractivity (Wildman–Crippen MR) is 129 cm³/mol. The molecule has 1 N–H and O–H groups in total. The number of halogens is 1. The summed E-state index contributed by atoms with van der Waals surface area (Å²) >= 11 is 0. The maximum Gasteiger partial charge on any atom is 0.212 e. The van der Waals surface area contributed by atoms with E-state index in [0.29, 0.717) is 0 Å². The third-order valence-electron chi connectivity index (χ3n) is 6.86. The van der Waals surface area contributed by atoms with Crippen LogP contribution < -0.4 is 4.90 Å². The number of benzene rings is 2. The van der Waals surface area contributed by atoms with Gasteiger partial charge in [0.15, 0.2) is 0 Å². The Labute approximate surface area is 193 Å². The zero-order chi connectivity index (χ0) is 22.8. The first-order valence-corrected chi connectivity index (χ1v) is 11.6. The molecule has 5 heteroatoms. The van der Waals surface area contributed by atoms with Gasteiger partial charge in [0.05, 0.1) is 0 Å². The van der Waals surface area contributed by atoms with Gasteiger partial charge in [0.2, 0.25) is 5.95 Å². The van der Waals surface area contributed by atoms with E-state index in [-0.39, 0.29) is 11.7 Å². The minimum Gasteiger partial charge on any atom is -0.508 e. The number of fused-ring (bicyclic) bond motifs is 1. The number of anilines is 1. The fraction of sp³-hybridized carbons (Fsp3) is 0.286. The lowest BCUT2D eigenvalue weighted by molar-refractivity contribution is -0.111. The fourth-order valence-corrected chi connectivity index (χ4v) is 5.08. The quantitative estimate of drug-likeness (QED) is 0.420. The minimum absolute atomic E-state index is 0.177. The van der Waals surface area contributed by atoms with E-state index >= 15 is 0 Å². The summed E-state index contributed by atoms with van der Waals surface area (Å²) < 4.78 is 13.5. The third kappa shape index (κ3) is 4.40. The molecule has 2 heterocycles. The minimum atomic E-state index is -0.484. The number of rotatable bonds is 4. The highest BCUT2D eigenvalue weighted by Gasteiger charge is 2.22. The largest absolute Gasteiger partial charge is 0.508 e. The number of aryl methyl sites for hydroxylation is 1. The molecule has 1 aromatic heterocycles. The van der Waals surface area contributed by atoms with Gasteiger partial charge >= 0.3 is 0 Å². The molecule has 1 aliphatic heterocycles. The highest BCUT2D eigenvalue weighted by Crippen LogP contribution is 2.41. The van der Waals surface area contributed by atoms with Crippen LogP contribution in [0.5, 0.6) is 5.75 Å². The Hall–Kier alpha value is -3.47. The Balaban J connectivity index is 1.57. The van der Waals surface area contributed by atoms with Crippen molar-refractivity contribution in [3.63, 3.8) is 0 Å². The molecule has 0 spiro atoms. The average Bonchev–Trinajstić information content (AvgIpc) is 3.04. The average molecular weight is 443 g/mol. The van der Waals surface area contributed by atoms with Crippen molar-refractivity contribution < 1.29 is 14.3 Å². The molecule has 3 aromatic rings. The molecule has 2 aromatic carbocycles. The van der Waals surface area contributed by atoms with E-state index in [9.17, 15) is 14.3 Å². The van der Waals surface area contributed by atoms with Crippen LogP contribution in [0.3, 0.4) is 0 Å². The monoisotopic (exact) mass is 442 g/mol. The number of nitrogens with zero attached hydrogens (tertiary/aromatic N) is 2. The lowest BCUT2D eigenvalue weighted by atomic mass is 9.88. The number of pyridine rings is 1. The van der Waals surface area contributed by atoms with E-state index < -0.39 is 5.95 Å². The van der Waals surface area contributed by atoms with Crippen LogP contribution in [0.2, 0.25) is 0 Å². The number of aldehydes is 1.